The molecule has 0 spiro atoms. The SMILES string of the molecule is CCC(CC(=O)N1CCOC(CN(C)CC(=O)O)C1)C(C)C. The third-order valence-corrected chi connectivity index (χ3v) is 4.32. The van der Waals surface area contributed by atoms with Crippen molar-refractivity contribution in [1.82, 2.24) is 9.80 Å². The van der Waals surface area contributed by atoms with Gasteiger partial charge in [0.2, 0.25) is 5.91 Å². The van der Waals surface area contributed by atoms with Crippen LogP contribution in [0.1, 0.15) is 33.6 Å². The molecule has 0 radical (unpaired) electrons. The van der Waals surface area contributed by atoms with E-state index in [4.69, 9.17) is 9.84 Å². The number of likely N-dealkylation sites (N-methyl/N-ethyl adjacent to an activating group) is 1. The first kappa shape index (κ1) is 18.9. The quantitative estimate of drug-likeness (QED) is 0.731. The summed E-state index contributed by atoms with van der Waals surface area (Å²) >= 11 is 0. The lowest BCUT2D eigenvalue weighted by Gasteiger charge is -2.35. The van der Waals surface area contributed by atoms with E-state index in [9.17, 15) is 9.59 Å². The van der Waals surface area contributed by atoms with E-state index in [0.29, 0.717) is 44.5 Å². The molecule has 0 bridgehead atoms. The minimum atomic E-state index is -0.853. The molecule has 1 aliphatic heterocycles. The van der Waals surface area contributed by atoms with Gasteiger partial charge in [-0.2, -0.15) is 0 Å². The number of hydrogen-bond donors (Lipinski definition) is 1. The van der Waals surface area contributed by atoms with E-state index in [-0.39, 0.29) is 18.6 Å². The lowest BCUT2D eigenvalue weighted by Crippen LogP contribution is -2.50. The highest BCUT2D eigenvalue weighted by Crippen LogP contribution is 2.20. The molecule has 6 nitrogen and oxygen atoms in total. The summed E-state index contributed by atoms with van der Waals surface area (Å²) in [6.45, 7) is 8.66. The van der Waals surface area contributed by atoms with E-state index >= 15 is 0 Å². The Kier molecular flexibility index (Phi) is 7.82. The summed E-state index contributed by atoms with van der Waals surface area (Å²) in [7, 11) is 1.75. The Morgan fingerprint density at radius 3 is 2.64 bits per heavy atom. The van der Waals surface area contributed by atoms with Crippen LogP contribution in [0.25, 0.3) is 0 Å². The number of carbonyl (C=O) groups excluding carboxylic acids is 1. The Labute approximate surface area is 133 Å². The van der Waals surface area contributed by atoms with Gasteiger partial charge >= 0.3 is 5.97 Å². The zero-order valence-electron chi connectivity index (χ0n) is 14.2. The van der Waals surface area contributed by atoms with Crippen LogP contribution in [-0.4, -0.2) is 72.7 Å². The number of nitrogens with zero attached hydrogens (tertiary/aromatic N) is 2. The topological polar surface area (TPSA) is 70.1 Å². The van der Waals surface area contributed by atoms with Crippen molar-refractivity contribution in [2.45, 2.75) is 39.7 Å². The number of rotatable bonds is 8. The Morgan fingerprint density at radius 1 is 1.41 bits per heavy atom. The summed E-state index contributed by atoms with van der Waals surface area (Å²) in [4.78, 5) is 26.7. The number of hydrogen-bond acceptors (Lipinski definition) is 4. The number of carboxylic acids is 1. The van der Waals surface area contributed by atoms with E-state index < -0.39 is 5.97 Å². The largest absolute Gasteiger partial charge is 0.480 e. The normalized spacial score (nSPS) is 20.5. The van der Waals surface area contributed by atoms with Crippen LogP contribution in [0.15, 0.2) is 0 Å². The molecule has 0 aromatic heterocycles. The average molecular weight is 314 g/mol. The van der Waals surface area contributed by atoms with Gasteiger partial charge in [-0.3, -0.25) is 14.5 Å². The summed E-state index contributed by atoms with van der Waals surface area (Å²) in [5.74, 6) is 0.264. The molecule has 0 aromatic carbocycles. The fourth-order valence-corrected chi connectivity index (χ4v) is 2.90. The molecule has 1 saturated heterocycles. The second kappa shape index (κ2) is 9.10. The van der Waals surface area contributed by atoms with Crippen molar-refractivity contribution < 1.29 is 19.4 Å². The van der Waals surface area contributed by atoms with Crippen molar-refractivity contribution >= 4 is 11.9 Å². The van der Waals surface area contributed by atoms with Crippen LogP contribution in [0.3, 0.4) is 0 Å². The molecule has 1 aliphatic rings. The Balaban J connectivity index is 2.48. The van der Waals surface area contributed by atoms with Crippen LogP contribution in [-0.2, 0) is 14.3 Å². The molecule has 0 aromatic rings. The smallest absolute Gasteiger partial charge is 0.317 e. The first-order valence-electron chi connectivity index (χ1n) is 8.13. The first-order chi connectivity index (χ1) is 10.3. The zero-order valence-corrected chi connectivity index (χ0v) is 14.2. The van der Waals surface area contributed by atoms with E-state index in [0.717, 1.165) is 6.42 Å². The standard InChI is InChI=1S/C16H30N2O4/c1-5-13(12(2)3)8-15(19)18-6-7-22-14(10-18)9-17(4)11-16(20)21/h12-14H,5-11H2,1-4H3,(H,20,21). The zero-order chi connectivity index (χ0) is 16.7. The van der Waals surface area contributed by atoms with Crippen LogP contribution in [0.2, 0.25) is 0 Å². The van der Waals surface area contributed by atoms with Gasteiger partial charge in [-0.05, 0) is 18.9 Å². The van der Waals surface area contributed by atoms with Crippen LogP contribution in [0.4, 0.5) is 0 Å². The van der Waals surface area contributed by atoms with Gasteiger partial charge in [-0.1, -0.05) is 27.2 Å². The molecule has 22 heavy (non-hydrogen) atoms. The molecule has 1 amide bonds. The van der Waals surface area contributed by atoms with Crippen molar-refractivity contribution in [2.75, 3.05) is 39.8 Å². The number of morpholine rings is 1. The summed E-state index contributed by atoms with van der Waals surface area (Å²) in [6.07, 6.45) is 1.49. The summed E-state index contributed by atoms with van der Waals surface area (Å²) in [5, 5.41) is 8.78. The average Bonchev–Trinajstić information content (AvgIpc) is 2.43. The summed E-state index contributed by atoms with van der Waals surface area (Å²) < 4.78 is 5.66. The molecule has 1 N–H and O–H groups in total. The van der Waals surface area contributed by atoms with Gasteiger partial charge in [0.05, 0.1) is 19.3 Å². The lowest BCUT2D eigenvalue weighted by molar-refractivity contribution is -0.143. The molecule has 0 aliphatic carbocycles. The van der Waals surface area contributed by atoms with Gasteiger partial charge in [0.15, 0.2) is 0 Å². The predicted molar refractivity (Wildman–Crippen MR) is 84.7 cm³/mol. The van der Waals surface area contributed by atoms with Crippen LogP contribution >= 0.6 is 0 Å². The highest BCUT2D eigenvalue weighted by molar-refractivity contribution is 5.76. The predicted octanol–water partition coefficient (Wildman–Crippen LogP) is 1.30. The van der Waals surface area contributed by atoms with Gasteiger partial charge < -0.3 is 14.7 Å². The van der Waals surface area contributed by atoms with Crippen LogP contribution in [0, 0.1) is 11.8 Å². The van der Waals surface area contributed by atoms with E-state index in [1.54, 1.807) is 11.9 Å². The summed E-state index contributed by atoms with van der Waals surface area (Å²) in [6, 6.07) is 0. The second-order valence-corrected chi connectivity index (χ2v) is 6.54. The molecular weight excluding hydrogens is 284 g/mol. The maximum absolute atomic E-state index is 12.4. The van der Waals surface area contributed by atoms with E-state index in [1.807, 2.05) is 4.90 Å². The molecule has 6 heteroatoms. The Hall–Kier alpha value is -1.14. The van der Waals surface area contributed by atoms with Crippen molar-refractivity contribution in [2.24, 2.45) is 11.8 Å². The highest BCUT2D eigenvalue weighted by atomic mass is 16.5. The molecule has 2 atom stereocenters. The maximum Gasteiger partial charge on any atom is 0.317 e. The van der Waals surface area contributed by atoms with Crippen molar-refractivity contribution in [3.63, 3.8) is 0 Å². The molecule has 128 valence electrons. The summed E-state index contributed by atoms with van der Waals surface area (Å²) in [5.41, 5.74) is 0. The molecule has 2 unspecified atom stereocenters. The third kappa shape index (κ3) is 6.32. The van der Waals surface area contributed by atoms with Gasteiger partial charge in [0.1, 0.15) is 0 Å². The molecule has 1 fully saturated rings. The monoisotopic (exact) mass is 314 g/mol. The number of amides is 1. The van der Waals surface area contributed by atoms with Crippen molar-refractivity contribution in [3.8, 4) is 0 Å². The minimum Gasteiger partial charge on any atom is -0.480 e. The molecule has 1 heterocycles. The molecular formula is C16H30N2O4. The number of carboxylic acid groups (broad SMARTS) is 1. The first-order valence-corrected chi connectivity index (χ1v) is 8.13. The second-order valence-electron chi connectivity index (χ2n) is 6.54. The number of ether oxygens (including phenoxy) is 1. The van der Waals surface area contributed by atoms with E-state index in [1.165, 1.54) is 0 Å². The highest BCUT2D eigenvalue weighted by Gasteiger charge is 2.27. The van der Waals surface area contributed by atoms with Gasteiger partial charge in [-0.15, -0.1) is 0 Å². The minimum absolute atomic E-state index is 0.0148. The fraction of sp³-hybridized carbons (Fsp3) is 0.875. The van der Waals surface area contributed by atoms with Gasteiger partial charge in [0.25, 0.3) is 0 Å². The lowest BCUT2D eigenvalue weighted by atomic mass is 9.89. The Morgan fingerprint density at radius 2 is 2.09 bits per heavy atom. The van der Waals surface area contributed by atoms with Crippen LogP contribution in [0.5, 0.6) is 0 Å². The fourth-order valence-electron chi connectivity index (χ4n) is 2.90. The number of carbonyl (C=O) groups is 2. The third-order valence-electron chi connectivity index (χ3n) is 4.32. The van der Waals surface area contributed by atoms with Crippen LogP contribution < -0.4 is 0 Å². The van der Waals surface area contributed by atoms with Crippen molar-refractivity contribution in [1.29, 1.82) is 0 Å². The maximum atomic E-state index is 12.4. The van der Waals surface area contributed by atoms with E-state index in [2.05, 4.69) is 20.8 Å². The molecule has 1 rings (SSSR count). The molecule has 0 saturated carbocycles. The van der Waals surface area contributed by atoms with Gasteiger partial charge in [0, 0.05) is 26.1 Å². The van der Waals surface area contributed by atoms with Gasteiger partial charge in [-0.25, -0.2) is 0 Å². The number of aliphatic carboxylic acids is 1. The van der Waals surface area contributed by atoms with Crippen molar-refractivity contribution in [3.05, 3.63) is 0 Å². The Bertz CT molecular complexity index is 373.